The summed E-state index contributed by atoms with van der Waals surface area (Å²) in [5.74, 6) is -0.223. The summed E-state index contributed by atoms with van der Waals surface area (Å²) in [6.07, 6.45) is 6.67. The van der Waals surface area contributed by atoms with E-state index in [-0.39, 0.29) is 24.2 Å². The Morgan fingerprint density at radius 2 is 2.00 bits per heavy atom. The van der Waals surface area contributed by atoms with E-state index in [9.17, 15) is 9.59 Å². The fraction of sp³-hybridized carbons (Fsp3) is 0.500. The summed E-state index contributed by atoms with van der Waals surface area (Å²) in [5, 5.41) is 0. The van der Waals surface area contributed by atoms with E-state index in [1.807, 2.05) is 35.2 Å². The predicted molar refractivity (Wildman–Crippen MR) is 93.9 cm³/mol. The molecule has 1 spiro atoms. The van der Waals surface area contributed by atoms with Gasteiger partial charge in [0.05, 0.1) is 19.1 Å². The van der Waals surface area contributed by atoms with Crippen molar-refractivity contribution in [1.82, 2.24) is 4.90 Å². The van der Waals surface area contributed by atoms with E-state index in [0.717, 1.165) is 49.8 Å². The van der Waals surface area contributed by atoms with Gasteiger partial charge in [-0.25, -0.2) is 4.79 Å². The third-order valence-corrected chi connectivity index (χ3v) is 5.22. The van der Waals surface area contributed by atoms with Crippen LogP contribution in [0.5, 0.6) is 0 Å². The number of carbonyl (C=O) groups is 2. The largest absolute Gasteiger partial charge is 0.469 e. The summed E-state index contributed by atoms with van der Waals surface area (Å²) < 4.78 is 10.3. The molecule has 0 radical (unpaired) electrons. The molecule has 3 rings (SSSR count). The molecule has 1 aromatic rings. The van der Waals surface area contributed by atoms with E-state index in [1.165, 1.54) is 7.11 Å². The summed E-state index contributed by atoms with van der Waals surface area (Å²) in [6, 6.07) is 9.71. The highest BCUT2D eigenvalue weighted by molar-refractivity contribution is 5.73. The monoisotopic (exact) mass is 343 g/mol. The minimum Gasteiger partial charge on any atom is -0.469 e. The molecule has 1 saturated heterocycles. The van der Waals surface area contributed by atoms with E-state index in [1.54, 1.807) is 0 Å². The van der Waals surface area contributed by atoms with Gasteiger partial charge in [0.1, 0.15) is 6.61 Å². The maximum Gasteiger partial charge on any atom is 0.410 e. The van der Waals surface area contributed by atoms with E-state index in [2.05, 4.69) is 6.08 Å². The number of amides is 1. The average Bonchev–Trinajstić information content (AvgIpc) is 3.03. The van der Waals surface area contributed by atoms with Gasteiger partial charge in [0.15, 0.2) is 0 Å². The summed E-state index contributed by atoms with van der Waals surface area (Å²) in [6.45, 7) is 1.01. The second-order valence-electron chi connectivity index (χ2n) is 6.85. The third-order valence-electron chi connectivity index (χ3n) is 5.22. The van der Waals surface area contributed by atoms with Crippen LogP contribution in [0.4, 0.5) is 4.79 Å². The van der Waals surface area contributed by atoms with Gasteiger partial charge < -0.3 is 14.4 Å². The maximum absolute atomic E-state index is 12.7. The Labute approximate surface area is 148 Å². The third kappa shape index (κ3) is 4.03. The average molecular weight is 343 g/mol. The van der Waals surface area contributed by atoms with Gasteiger partial charge in [-0.15, -0.1) is 0 Å². The fourth-order valence-electron chi connectivity index (χ4n) is 3.98. The second-order valence-corrected chi connectivity index (χ2v) is 6.85. The number of hydrogen-bond donors (Lipinski definition) is 0. The normalized spacial score (nSPS) is 22.6. The molecule has 1 aliphatic carbocycles. The highest BCUT2D eigenvalue weighted by Crippen LogP contribution is 2.42. The summed E-state index contributed by atoms with van der Waals surface area (Å²) in [4.78, 5) is 26.1. The number of carbonyl (C=O) groups excluding carboxylic acids is 2. The van der Waals surface area contributed by atoms with Gasteiger partial charge in [-0.3, -0.25) is 4.79 Å². The number of likely N-dealkylation sites (tertiary alicyclic amines) is 1. The molecule has 2 aliphatic rings. The Morgan fingerprint density at radius 1 is 1.20 bits per heavy atom. The first-order valence-corrected chi connectivity index (χ1v) is 8.86. The summed E-state index contributed by atoms with van der Waals surface area (Å²) in [7, 11) is 1.41. The van der Waals surface area contributed by atoms with Crippen molar-refractivity contribution < 1.29 is 19.1 Å². The predicted octanol–water partition coefficient (Wildman–Crippen LogP) is 3.83. The lowest BCUT2D eigenvalue weighted by molar-refractivity contribution is -0.139. The zero-order valence-corrected chi connectivity index (χ0v) is 14.7. The zero-order chi connectivity index (χ0) is 17.7. The van der Waals surface area contributed by atoms with Crippen LogP contribution in [0.3, 0.4) is 0 Å². The Hall–Kier alpha value is -2.30. The van der Waals surface area contributed by atoms with Gasteiger partial charge in [0.25, 0.3) is 0 Å². The van der Waals surface area contributed by atoms with Gasteiger partial charge in [0.2, 0.25) is 0 Å². The number of hydrogen-bond acceptors (Lipinski definition) is 4. The van der Waals surface area contributed by atoms with Crippen molar-refractivity contribution >= 4 is 12.1 Å². The van der Waals surface area contributed by atoms with Crippen molar-refractivity contribution in [2.45, 2.75) is 50.7 Å². The van der Waals surface area contributed by atoms with Gasteiger partial charge in [-0.2, -0.15) is 0 Å². The molecule has 1 heterocycles. The highest BCUT2D eigenvalue weighted by Gasteiger charge is 2.45. The Morgan fingerprint density at radius 3 is 2.76 bits per heavy atom. The molecule has 1 atom stereocenters. The topological polar surface area (TPSA) is 55.8 Å². The quantitative estimate of drug-likeness (QED) is 0.616. The standard InChI is InChI=1S/C20H25NO4/c1-24-18(22)13-17-9-5-10-20(14-17)11-6-12-21(20)19(23)25-15-16-7-3-2-4-8-16/h2-4,7-9H,5-6,10-15H2,1H3/t20-/m1/s1. The van der Waals surface area contributed by atoms with Crippen LogP contribution in [0.25, 0.3) is 0 Å². The number of rotatable bonds is 4. The number of allylic oxidation sites excluding steroid dienone is 1. The van der Waals surface area contributed by atoms with E-state index < -0.39 is 0 Å². The molecule has 0 saturated carbocycles. The number of methoxy groups -OCH3 is 1. The second kappa shape index (κ2) is 7.72. The van der Waals surface area contributed by atoms with Crippen molar-refractivity contribution in [3.05, 3.63) is 47.5 Å². The first-order valence-electron chi connectivity index (χ1n) is 8.86. The molecule has 1 aliphatic heterocycles. The first kappa shape index (κ1) is 17.5. The molecule has 1 amide bonds. The van der Waals surface area contributed by atoms with E-state index in [4.69, 9.17) is 9.47 Å². The molecule has 5 nitrogen and oxygen atoms in total. The molecule has 0 N–H and O–H groups in total. The van der Waals surface area contributed by atoms with Crippen LogP contribution >= 0.6 is 0 Å². The molecule has 0 aromatic heterocycles. The van der Waals surface area contributed by atoms with Crippen molar-refractivity contribution in [1.29, 1.82) is 0 Å². The van der Waals surface area contributed by atoms with Crippen LogP contribution in [-0.4, -0.2) is 36.2 Å². The maximum atomic E-state index is 12.7. The molecule has 1 aromatic carbocycles. The first-order chi connectivity index (χ1) is 12.1. The van der Waals surface area contributed by atoms with Crippen LogP contribution in [0.15, 0.2) is 42.0 Å². The minimum atomic E-state index is -0.249. The van der Waals surface area contributed by atoms with Gasteiger partial charge in [-0.05, 0) is 37.7 Å². The number of nitrogens with zero attached hydrogens (tertiary/aromatic N) is 1. The lowest BCUT2D eigenvalue weighted by Gasteiger charge is -2.40. The number of esters is 1. The Kier molecular flexibility index (Phi) is 5.41. The molecular formula is C20H25NO4. The Balaban J connectivity index is 1.64. The zero-order valence-electron chi connectivity index (χ0n) is 14.7. The highest BCUT2D eigenvalue weighted by atomic mass is 16.6. The summed E-state index contributed by atoms with van der Waals surface area (Å²) >= 11 is 0. The van der Waals surface area contributed by atoms with Crippen molar-refractivity contribution in [3.63, 3.8) is 0 Å². The SMILES string of the molecule is COC(=O)CC1=CCC[C@@]2(CCCN2C(=O)OCc2ccccc2)C1. The van der Waals surface area contributed by atoms with Gasteiger partial charge >= 0.3 is 12.1 Å². The van der Waals surface area contributed by atoms with Crippen molar-refractivity contribution in [3.8, 4) is 0 Å². The molecule has 134 valence electrons. The molecule has 25 heavy (non-hydrogen) atoms. The van der Waals surface area contributed by atoms with E-state index >= 15 is 0 Å². The van der Waals surface area contributed by atoms with Gasteiger partial charge in [-0.1, -0.05) is 42.0 Å². The van der Waals surface area contributed by atoms with Crippen molar-refractivity contribution in [2.24, 2.45) is 0 Å². The smallest absolute Gasteiger partial charge is 0.410 e. The number of ether oxygens (including phenoxy) is 2. The van der Waals surface area contributed by atoms with Crippen LogP contribution in [0.2, 0.25) is 0 Å². The molecule has 1 fully saturated rings. The fourth-order valence-corrected chi connectivity index (χ4v) is 3.98. The number of benzene rings is 1. The van der Waals surface area contributed by atoms with Crippen LogP contribution in [-0.2, 0) is 20.9 Å². The minimum absolute atomic E-state index is 0.203. The summed E-state index contributed by atoms with van der Waals surface area (Å²) in [5.41, 5.74) is 1.85. The van der Waals surface area contributed by atoms with Gasteiger partial charge in [0, 0.05) is 6.54 Å². The molecule has 0 unspecified atom stereocenters. The Bertz CT molecular complexity index is 655. The van der Waals surface area contributed by atoms with E-state index in [0.29, 0.717) is 6.42 Å². The molecule has 5 heteroatoms. The lowest BCUT2D eigenvalue weighted by Crippen LogP contribution is -2.48. The lowest BCUT2D eigenvalue weighted by atomic mass is 9.79. The molecular weight excluding hydrogens is 318 g/mol. The molecule has 0 bridgehead atoms. The van der Waals surface area contributed by atoms with Crippen LogP contribution < -0.4 is 0 Å². The van der Waals surface area contributed by atoms with Crippen LogP contribution in [0, 0.1) is 0 Å². The van der Waals surface area contributed by atoms with Crippen molar-refractivity contribution in [2.75, 3.05) is 13.7 Å². The van der Waals surface area contributed by atoms with Crippen LogP contribution in [0.1, 0.15) is 44.1 Å².